The van der Waals surface area contributed by atoms with E-state index in [-0.39, 0.29) is 5.91 Å². The van der Waals surface area contributed by atoms with Gasteiger partial charge >= 0.3 is 0 Å². The van der Waals surface area contributed by atoms with Gasteiger partial charge in [-0.3, -0.25) is 4.79 Å². The third-order valence-electron chi connectivity index (χ3n) is 3.96. The van der Waals surface area contributed by atoms with Crippen molar-refractivity contribution in [1.29, 1.82) is 0 Å². The molecule has 0 radical (unpaired) electrons. The number of carbonyl (C=O) groups excluding carboxylic acids is 1. The molecule has 0 aliphatic heterocycles. The van der Waals surface area contributed by atoms with E-state index >= 15 is 0 Å². The summed E-state index contributed by atoms with van der Waals surface area (Å²) in [6.07, 6.45) is 0.622. The van der Waals surface area contributed by atoms with Crippen molar-refractivity contribution in [1.82, 2.24) is 5.43 Å². The molecule has 27 heavy (non-hydrogen) atoms. The molecule has 0 fully saturated rings. The molecule has 1 amide bonds. The maximum Gasteiger partial charge on any atom is 0.271 e. The largest absolute Gasteiger partial charge is 0.497 e. The molecule has 2 rings (SSSR count). The van der Waals surface area contributed by atoms with Gasteiger partial charge in [-0.2, -0.15) is 5.10 Å². The highest BCUT2D eigenvalue weighted by molar-refractivity contribution is 6.02. The molecule has 7 nitrogen and oxygen atoms in total. The standard InChI is InChI=1S/C20H24N2O5/c1-6-17(13-7-8-18(26-4)19(11-13)27-5)21-22-20(23)14-9-15(24-2)12-16(10-14)25-3/h7-12H,6H2,1-5H3,(H,22,23)/b21-17+. The molecule has 2 aromatic rings. The highest BCUT2D eigenvalue weighted by Gasteiger charge is 2.12. The summed E-state index contributed by atoms with van der Waals surface area (Å²) in [5, 5.41) is 4.27. The lowest BCUT2D eigenvalue weighted by molar-refractivity contribution is 0.0954. The average molecular weight is 372 g/mol. The van der Waals surface area contributed by atoms with Crippen molar-refractivity contribution in [2.45, 2.75) is 13.3 Å². The Morgan fingerprint density at radius 1 is 0.852 bits per heavy atom. The Morgan fingerprint density at radius 3 is 2.00 bits per heavy atom. The highest BCUT2D eigenvalue weighted by atomic mass is 16.5. The van der Waals surface area contributed by atoms with Gasteiger partial charge in [0.25, 0.3) is 5.91 Å². The number of hydrogen-bond donors (Lipinski definition) is 1. The molecule has 0 aromatic heterocycles. The number of hydrogen-bond acceptors (Lipinski definition) is 6. The molecule has 0 bridgehead atoms. The molecule has 0 unspecified atom stereocenters. The van der Waals surface area contributed by atoms with Crippen LogP contribution in [0.25, 0.3) is 0 Å². The Kier molecular flexibility index (Phi) is 7.05. The summed E-state index contributed by atoms with van der Waals surface area (Å²) in [6, 6.07) is 10.4. The average Bonchev–Trinajstić information content (AvgIpc) is 2.73. The third-order valence-corrected chi connectivity index (χ3v) is 3.96. The Labute approximate surface area is 158 Å². The molecule has 0 aliphatic carbocycles. The lowest BCUT2D eigenvalue weighted by atomic mass is 10.1. The maximum absolute atomic E-state index is 12.5. The third kappa shape index (κ3) is 4.91. The number of rotatable bonds is 8. The lowest BCUT2D eigenvalue weighted by Gasteiger charge is -2.11. The summed E-state index contributed by atoms with van der Waals surface area (Å²) in [5.74, 6) is 1.92. The Hall–Kier alpha value is -3.22. The molecule has 0 spiro atoms. The molecule has 144 valence electrons. The van der Waals surface area contributed by atoms with Gasteiger partial charge in [0, 0.05) is 17.2 Å². The van der Waals surface area contributed by atoms with Crippen LogP contribution in [0.15, 0.2) is 41.5 Å². The number of methoxy groups -OCH3 is 4. The van der Waals surface area contributed by atoms with E-state index in [0.717, 1.165) is 5.56 Å². The summed E-state index contributed by atoms with van der Waals surface area (Å²) in [6.45, 7) is 1.95. The van der Waals surface area contributed by atoms with Crippen molar-refractivity contribution in [3.8, 4) is 23.0 Å². The van der Waals surface area contributed by atoms with E-state index in [1.54, 1.807) is 38.5 Å². The molecular formula is C20H24N2O5. The zero-order valence-electron chi connectivity index (χ0n) is 16.2. The highest BCUT2D eigenvalue weighted by Crippen LogP contribution is 2.28. The zero-order chi connectivity index (χ0) is 19.8. The number of carbonyl (C=O) groups is 1. The second-order valence-corrected chi connectivity index (χ2v) is 5.52. The summed E-state index contributed by atoms with van der Waals surface area (Å²) in [7, 11) is 6.21. The number of benzene rings is 2. The van der Waals surface area contributed by atoms with Crippen LogP contribution in [0.5, 0.6) is 23.0 Å². The van der Waals surface area contributed by atoms with Crippen molar-refractivity contribution in [2.24, 2.45) is 5.10 Å². The van der Waals surface area contributed by atoms with E-state index in [1.807, 2.05) is 19.1 Å². The first-order chi connectivity index (χ1) is 13.1. The minimum Gasteiger partial charge on any atom is -0.497 e. The maximum atomic E-state index is 12.5. The monoisotopic (exact) mass is 372 g/mol. The first-order valence-corrected chi connectivity index (χ1v) is 8.38. The predicted octanol–water partition coefficient (Wildman–Crippen LogP) is 3.27. The van der Waals surface area contributed by atoms with Crippen LogP contribution in [0.2, 0.25) is 0 Å². The van der Waals surface area contributed by atoms with Crippen LogP contribution in [0.1, 0.15) is 29.3 Å². The fourth-order valence-corrected chi connectivity index (χ4v) is 2.48. The SMILES string of the molecule is CC/C(=N\NC(=O)c1cc(OC)cc(OC)c1)c1ccc(OC)c(OC)c1. The number of amides is 1. The van der Waals surface area contributed by atoms with Gasteiger partial charge < -0.3 is 18.9 Å². The summed E-state index contributed by atoms with van der Waals surface area (Å²) < 4.78 is 20.9. The second kappa shape index (κ2) is 9.47. The van der Waals surface area contributed by atoms with E-state index in [9.17, 15) is 4.79 Å². The molecule has 0 saturated carbocycles. The van der Waals surface area contributed by atoms with Gasteiger partial charge in [-0.15, -0.1) is 0 Å². The molecule has 0 atom stereocenters. The Bertz CT molecular complexity index is 811. The minimum atomic E-state index is -0.362. The van der Waals surface area contributed by atoms with Crippen LogP contribution in [0.3, 0.4) is 0 Å². The molecular weight excluding hydrogens is 348 g/mol. The van der Waals surface area contributed by atoms with Crippen LogP contribution >= 0.6 is 0 Å². The van der Waals surface area contributed by atoms with Crippen molar-refractivity contribution in [3.05, 3.63) is 47.5 Å². The van der Waals surface area contributed by atoms with Gasteiger partial charge in [0.2, 0.25) is 0 Å². The van der Waals surface area contributed by atoms with Gasteiger partial charge in [-0.1, -0.05) is 6.92 Å². The second-order valence-electron chi connectivity index (χ2n) is 5.52. The topological polar surface area (TPSA) is 78.4 Å². The van der Waals surface area contributed by atoms with Crippen LogP contribution in [-0.4, -0.2) is 40.1 Å². The Morgan fingerprint density at radius 2 is 1.48 bits per heavy atom. The fraction of sp³-hybridized carbons (Fsp3) is 0.300. The van der Waals surface area contributed by atoms with E-state index < -0.39 is 0 Å². The number of nitrogens with zero attached hydrogens (tertiary/aromatic N) is 1. The van der Waals surface area contributed by atoms with Crippen LogP contribution in [0, 0.1) is 0 Å². The van der Waals surface area contributed by atoms with E-state index in [0.29, 0.717) is 40.7 Å². The van der Waals surface area contributed by atoms with Gasteiger partial charge in [-0.05, 0) is 36.8 Å². The normalized spacial score (nSPS) is 10.9. The molecule has 2 aromatic carbocycles. The van der Waals surface area contributed by atoms with Crippen molar-refractivity contribution >= 4 is 11.6 Å². The zero-order valence-corrected chi connectivity index (χ0v) is 16.2. The number of nitrogens with one attached hydrogen (secondary N) is 1. The smallest absolute Gasteiger partial charge is 0.271 e. The molecule has 0 saturated heterocycles. The van der Waals surface area contributed by atoms with E-state index in [4.69, 9.17) is 18.9 Å². The van der Waals surface area contributed by atoms with Crippen LogP contribution < -0.4 is 24.4 Å². The first-order valence-electron chi connectivity index (χ1n) is 8.38. The van der Waals surface area contributed by atoms with E-state index in [2.05, 4.69) is 10.5 Å². The van der Waals surface area contributed by atoms with Gasteiger partial charge in [-0.25, -0.2) is 5.43 Å². The summed E-state index contributed by atoms with van der Waals surface area (Å²) in [4.78, 5) is 12.5. The molecule has 1 N–H and O–H groups in total. The predicted molar refractivity (Wildman–Crippen MR) is 103 cm³/mol. The fourth-order valence-electron chi connectivity index (χ4n) is 2.48. The van der Waals surface area contributed by atoms with Gasteiger partial charge in [0.05, 0.1) is 34.2 Å². The summed E-state index contributed by atoms with van der Waals surface area (Å²) in [5.41, 5.74) is 4.51. The molecule has 0 heterocycles. The number of hydrazone groups is 1. The van der Waals surface area contributed by atoms with Crippen molar-refractivity contribution in [3.63, 3.8) is 0 Å². The quantitative estimate of drug-likeness (QED) is 0.568. The lowest BCUT2D eigenvalue weighted by Crippen LogP contribution is -2.20. The van der Waals surface area contributed by atoms with Crippen LogP contribution in [-0.2, 0) is 0 Å². The minimum absolute atomic E-state index is 0.362. The van der Waals surface area contributed by atoms with Crippen molar-refractivity contribution in [2.75, 3.05) is 28.4 Å². The Balaban J connectivity index is 2.25. The molecule has 7 heteroatoms. The van der Waals surface area contributed by atoms with Gasteiger partial charge in [0.15, 0.2) is 11.5 Å². The van der Waals surface area contributed by atoms with E-state index in [1.165, 1.54) is 14.2 Å². The number of ether oxygens (including phenoxy) is 4. The first kappa shape index (κ1) is 20.1. The van der Waals surface area contributed by atoms with Crippen molar-refractivity contribution < 1.29 is 23.7 Å². The van der Waals surface area contributed by atoms with Gasteiger partial charge in [0.1, 0.15) is 11.5 Å². The molecule has 0 aliphatic rings. The van der Waals surface area contributed by atoms with Crippen LogP contribution in [0.4, 0.5) is 0 Å². The summed E-state index contributed by atoms with van der Waals surface area (Å²) >= 11 is 0.